The zero-order chi connectivity index (χ0) is 23.5. The van der Waals surface area contributed by atoms with E-state index >= 15 is 0 Å². The highest BCUT2D eigenvalue weighted by Gasteiger charge is 2.28. The zero-order valence-electron chi connectivity index (χ0n) is 18.3. The average Bonchev–Trinajstić information content (AvgIpc) is 3.15. The molecule has 1 fully saturated rings. The van der Waals surface area contributed by atoms with E-state index in [2.05, 4.69) is 5.16 Å². The maximum atomic E-state index is 14.1. The molecule has 1 aliphatic rings. The van der Waals surface area contributed by atoms with Crippen LogP contribution in [0.15, 0.2) is 51.9 Å². The Morgan fingerprint density at radius 2 is 1.67 bits per heavy atom. The van der Waals surface area contributed by atoms with Crippen LogP contribution in [-0.2, 0) is 5.75 Å². The van der Waals surface area contributed by atoms with Gasteiger partial charge in [-0.1, -0.05) is 28.9 Å². The number of amides is 2. The van der Waals surface area contributed by atoms with Gasteiger partial charge in [-0.25, -0.2) is 4.39 Å². The predicted octanol–water partition coefficient (Wildman–Crippen LogP) is 4.97. The van der Waals surface area contributed by atoms with Gasteiger partial charge in [-0.2, -0.15) is 0 Å². The second kappa shape index (κ2) is 9.97. The first-order chi connectivity index (χ1) is 15.8. The van der Waals surface area contributed by atoms with Crippen molar-refractivity contribution in [3.05, 3.63) is 81.4 Å². The van der Waals surface area contributed by atoms with Gasteiger partial charge < -0.3 is 14.3 Å². The summed E-state index contributed by atoms with van der Waals surface area (Å²) < 4.78 is 19.3. The van der Waals surface area contributed by atoms with Gasteiger partial charge in [0.1, 0.15) is 11.6 Å². The minimum Gasteiger partial charge on any atom is -0.361 e. The lowest BCUT2D eigenvalue weighted by molar-refractivity contribution is 0.0531. The molecule has 0 saturated carbocycles. The molecule has 0 spiro atoms. The summed E-state index contributed by atoms with van der Waals surface area (Å²) in [4.78, 5) is 30.2. The minimum absolute atomic E-state index is 0.0525. The first kappa shape index (κ1) is 23.3. The van der Waals surface area contributed by atoms with Gasteiger partial charge in [-0.05, 0) is 44.2 Å². The normalized spacial score (nSPS) is 13.9. The van der Waals surface area contributed by atoms with Crippen molar-refractivity contribution < 1.29 is 18.5 Å². The van der Waals surface area contributed by atoms with E-state index in [9.17, 15) is 14.0 Å². The SMILES string of the molecule is Cc1noc(C)c1CSc1ccccc1C(=O)N1CCN(C(=O)c2cc(Cl)ccc2F)CC1. The number of piperazine rings is 1. The summed E-state index contributed by atoms with van der Waals surface area (Å²) in [6.07, 6.45) is 0. The molecule has 2 amide bonds. The zero-order valence-corrected chi connectivity index (χ0v) is 19.9. The fraction of sp³-hybridized carbons (Fsp3) is 0.292. The molecule has 6 nitrogen and oxygen atoms in total. The lowest BCUT2D eigenvalue weighted by Crippen LogP contribution is -2.50. The van der Waals surface area contributed by atoms with Crippen molar-refractivity contribution >= 4 is 35.2 Å². The summed E-state index contributed by atoms with van der Waals surface area (Å²) in [7, 11) is 0. The Balaban J connectivity index is 1.42. The van der Waals surface area contributed by atoms with Crippen LogP contribution in [0.4, 0.5) is 4.39 Å². The largest absolute Gasteiger partial charge is 0.361 e. The summed E-state index contributed by atoms with van der Waals surface area (Å²) in [5, 5.41) is 4.29. The van der Waals surface area contributed by atoms with E-state index < -0.39 is 11.7 Å². The molecular formula is C24H23ClFN3O3S. The average molecular weight is 488 g/mol. The summed E-state index contributed by atoms with van der Waals surface area (Å²) in [5.74, 6) is 0.321. The second-order valence-corrected chi connectivity index (χ2v) is 9.25. The number of nitrogens with zero attached hydrogens (tertiary/aromatic N) is 3. The third kappa shape index (κ3) is 5.07. The number of carbonyl (C=O) groups is 2. The number of aromatic nitrogens is 1. The highest BCUT2D eigenvalue weighted by molar-refractivity contribution is 7.98. The lowest BCUT2D eigenvalue weighted by Gasteiger charge is -2.35. The van der Waals surface area contributed by atoms with Crippen molar-refractivity contribution in [1.82, 2.24) is 15.0 Å². The van der Waals surface area contributed by atoms with E-state index in [1.807, 2.05) is 38.1 Å². The Morgan fingerprint density at radius 3 is 2.30 bits per heavy atom. The fourth-order valence-corrected chi connectivity index (χ4v) is 5.11. The molecule has 9 heteroatoms. The van der Waals surface area contributed by atoms with Crippen LogP contribution >= 0.6 is 23.4 Å². The summed E-state index contributed by atoms with van der Waals surface area (Å²) in [6, 6.07) is 11.4. The van der Waals surface area contributed by atoms with E-state index in [0.717, 1.165) is 21.9 Å². The van der Waals surface area contributed by atoms with Gasteiger partial charge in [-0.3, -0.25) is 9.59 Å². The Labute approximate surface area is 200 Å². The number of benzene rings is 2. The molecule has 33 heavy (non-hydrogen) atoms. The van der Waals surface area contributed by atoms with Crippen LogP contribution in [0.1, 0.15) is 37.7 Å². The number of halogens is 2. The Morgan fingerprint density at radius 1 is 1.03 bits per heavy atom. The molecule has 0 bridgehead atoms. The van der Waals surface area contributed by atoms with Crippen LogP contribution in [0.5, 0.6) is 0 Å². The number of hydrogen-bond donors (Lipinski definition) is 0. The molecule has 2 aromatic carbocycles. The summed E-state index contributed by atoms with van der Waals surface area (Å²) >= 11 is 7.49. The van der Waals surface area contributed by atoms with Crippen molar-refractivity contribution in [3.63, 3.8) is 0 Å². The molecule has 4 rings (SSSR count). The number of rotatable bonds is 5. The van der Waals surface area contributed by atoms with Crippen molar-refractivity contribution in [1.29, 1.82) is 0 Å². The maximum Gasteiger partial charge on any atom is 0.257 e. The van der Waals surface area contributed by atoms with Crippen LogP contribution < -0.4 is 0 Å². The third-order valence-corrected chi connectivity index (χ3v) is 7.02. The molecule has 0 N–H and O–H groups in total. The van der Waals surface area contributed by atoms with E-state index in [-0.39, 0.29) is 11.5 Å². The molecular weight excluding hydrogens is 465 g/mol. The molecule has 3 aromatic rings. The second-order valence-electron chi connectivity index (χ2n) is 7.80. The molecule has 0 radical (unpaired) electrons. The molecule has 1 saturated heterocycles. The first-order valence-electron chi connectivity index (χ1n) is 10.5. The molecule has 0 unspecified atom stereocenters. The van der Waals surface area contributed by atoms with Crippen LogP contribution in [0.2, 0.25) is 5.02 Å². The van der Waals surface area contributed by atoms with Crippen LogP contribution in [0.3, 0.4) is 0 Å². The molecule has 0 aliphatic carbocycles. The minimum atomic E-state index is -0.604. The van der Waals surface area contributed by atoms with E-state index in [4.69, 9.17) is 16.1 Å². The maximum absolute atomic E-state index is 14.1. The molecule has 1 aromatic heterocycles. The summed E-state index contributed by atoms with van der Waals surface area (Å²) in [6.45, 7) is 5.17. The van der Waals surface area contributed by atoms with Gasteiger partial charge in [0.2, 0.25) is 0 Å². The fourth-order valence-electron chi connectivity index (χ4n) is 3.74. The van der Waals surface area contributed by atoms with Gasteiger partial charge in [0.25, 0.3) is 11.8 Å². The van der Waals surface area contributed by atoms with Crippen molar-refractivity contribution in [3.8, 4) is 0 Å². The standard InChI is InChI=1S/C24H23ClFN3O3S/c1-15-20(16(2)32-27-15)14-33-22-6-4-3-5-18(22)23(30)28-9-11-29(12-10-28)24(31)19-13-17(25)7-8-21(19)26/h3-8,13H,9-12,14H2,1-2H3. The van der Waals surface area contributed by atoms with Gasteiger partial charge in [0.15, 0.2) is 0 Å². The Hall–Kier alpha value is -2.84. The van der Waals surface area contributed by atoms with Crippen molar-refractivity contribution in [2.24, 2.45) is 0 Å². The summed E-state index contributed by atoms with van der Waals surface area (Å²) in [5.41, 5.74) is 2.45. The van der Waals surface area contributed by atoms with E-state index in [1.54, 1.807) is 21.6 Å². The Bertz CT molecular complexity index is 1170. The number of hydrogen-bond acceptors (Lipinski definition) is 5. The van der Waals surface area contributed by atoms with E-state index in [1.165, 1.54) is 18.2 Å². The Kier molecular flexibility index (Phi) is 7.05. The van der Waals surface area contributed by atoms with Gasteiger partial charge >= 0.3 is 0 Å². The number of aryl methyl sites for hydroxylation is 2. The highest BCUT2D eigenvalue weighted by atomic mass is 35.5. The predicted molar refractivity (Wildman–Crippen MR) is 125 cm³/mol. The van der Waals surface area contributed by atoms with Crippen LogP contribution in [0, 0.1) is 19.7 Å². The number of thioether (sulfide) groups is 1. The van der Waals surface area contributed by atoms with Crippen molar-refractivity contribution in [2.45, 2.75) is 24.5 Å². The van der Waals surface area contributed by atoms with Gasteiger partial charge in [0, 0.05) is 47.4 Å². The third-order valence-electron chi connectivity index (χ3n) is 5.68. The van der Waals surface area contributed by atoms with Gasteiger partial charge in [0.05, 0.1) is 16.8 Å². The molecule has 1 aliphatic heterocycles. The number of carbonyl (C=O) groups excluding carboxylic acids is 2. The smallest absolute Gasteiger partial charge is 0.257 e. The van der Waals surface area contributed by atoms with Crippen molar-refractivity contribution in [2.75, 3.05) is 26.2 Å². The lowest BCUT2D eigenvalue weighted by atomic mass is 10.1. The first-order valence-corrected chi connectivity index (χ1v) is 11.9. The molecule has 172 valence electrons. The van der Waals surface area contributed by atoms with E-state index in [0.29, 0.717) is 42.5 Å². The van der Waals surface area contributed by atoms with Gasteiger partial charge in [-0.15, -0.1) is 11.8 Å². The monoisotopic (exact) mass is 487 g/mol. The van der Waals surface area contributed by atoms with Crippen LogP contribution in [0.25, 0.3) is 0 Å². The highest BCUT2D eigenvalue weighted by Crippen LogP contribution is 2.30. The quantitative estimate of drug-likeness (QED) is 0.475. The van der Waals surface area contributed by atoms with Crippen LogP contribution in [-0.4, -0.2) is 52.9 Å². The topological polar surface area (TPSA) is 66.7 Å². The molecule has 0 atom stereocenters. The molecule has 2 heterocycles.